The molecule has 1 aliphatic rings. The van der Waals surface area contributed by atoms with Crippen molar-refractivity contribution in [3.63, 3.8) is 0 Å². The molecule has 0 bridgehead atoms. The van der Waals surface area contributed by atoms with Crippen LogP contribution in [-0.2, 0) is 29.0 Å². The first kappa shape index (κ1) is 18.5. The summed E-state index contributed by atoms with van der Waals surface area (Å²) in [5.41, 5.74) is 3.90. The molecule has 0 radical (unpaired) electrons. The highest BCUT2D eigenvalue weighted by molar-refractivity contribution is 5.80. The van der Waals surface area contributed by atoms with Gasteiger partial charge in [0.1, 0.15) is 5.75 Å². The van der Waals surface area contributed by atoms with E-state index in [1.807, 2.05) is 36.4 Å². The molecule has 2 aromatic carbocycles. The summed E-state index contributed by atoms with van der Waals surface area (Å²) >= 11 is 0. The SMILES string of the molecule is C[C@@H](Oc1ccc2c(c1)CCCC2)C(=O)NCCOCc1ccccc1. The van der Waals surface area contributed by atoms with Gasteiger partial charge >= 0.3 is 0 Å². The zero-order valence-corrected chi connectivity index (χ0v) is 15.4. The first-order valence-electron chi connectivity index (χ1n) is 9.40. The molecular weight excluding hydrogens is 326 g/mol. The van der Waals surface area contributed by atoms with E-state index >= 15 is 0 Å². The maximum Gasteiger partial charge on any atom is 0.260 e. The standard InChI is InChI=1S/C22H27NO3/c1-17(26-21-12-11-19-9-5-6-10-20(19)15-21)22(24)23-13-14-25-16-18-7-3-2-4-8-18/h2-4,7-8,11-12,15,17H,5-6,9-10,13-14,16H2,1H3,(H,23,24)/t17-/m1/s1. The Kier molecular flexibility index (Phi) is 6.67. The Hall–Kier alpha value is -2.33. The van der Waals surface area contributed by atoms with Gasteiger partial charge in [-0.15, -0.1) is 0 Å². The van der Waals surface area contributed by atoms with Gasteiger partial charge in [0.25, 0.3) is 5.91 Å². The maximum absolute atomic E-state index is 12.2. The normalized spacial score (nSPS) is 14.3. The van der Waals surface area contributed by atoms with Crippen LogP contribution < -0.4 is 10.1 Å². The van der Waals surface area contributed by atoms with Crippen molar-refractivity contribution in [1.82, 2.24) is 5.32 Å². The number of aryl methyl sites for hydroxylation is 2. The molecule has 0 aromatic heterocycles. The zero-order chi connectivity index (χ0) is 18.2. The van der Waals surface area contributed by atoms with Crippen LogP contribution in [0.4, 0.5) is 0 Å². The summed E-state index contributed by atoms with van der Waals surface area (Å²) in [6, 6.07) is 16.2. The van der Waals surface area contributed by atoms with Gasteiger partial charge in [-0.3, -0.25) is 4.79 Å². The van der Waals surface area contributed by atoms with Crippen LogP contribution in [0.25, 0.3) is 0 Å². The fraction of sp³-hybridized carbons (Fsp3) is 0.409. The first-order valence-corrected chi connectivity index (χ1v) is 9.40. The third kappa shape index (κ3) is 5.33. The number of hydrogen-bond donors (Lipinski definition) is 1. The minimum Gasteiger partial charge on any atom is -0.481 e. The number of carbonyl (C=O) groups excluding carboxylic acids is 1. The quantitative estimate of drug-likeness (QED) is 0.737. The first-order chi connectivity index (χ1) is 12.7. The van der Waals surface area contributed by atoms with E-state index in [9.17, 15) is 4.79 Å². The van der Waals surface area contributed by atoms with Gasteiger partial charge in [-0.1, -0.05) is 36.4 Å². The van der Waals surface area contributed by atoms with Crippen molar-refractivity contribution in [3.05, 3.63) is 65.2 Å². The van der Waals surface area contributed by atoms with Crippen LogP contribution in [0.1, 0.15) is 36.5 Å². The summed E-state index contributed by atoms with van der Waals surface area (Å²) in [4.78, 5) is 12.2. The predicted molar refractivity (Wildman–Crippen MR) is 102 cm³/mol. The molecule has 4 heteroatoms. The molecule has 1 amide bonds. The topological polar surface area (TPSA) is 47.6 Å². The molecule has 0 fully saturated rings. The predicted octanol–water partition coefficient (Wildman–Crippen LogP) is 3.67. The lowest BCUT2D eigenvalue weighted by atomic mass is 9.92. The average molecular weight is 353 g/mol. The molecule has 26 heavy (non-hydrogen) atoms. The minimum absolute atomic E-state index is 0.119. The van der Waals surface area contributed by atoms with Gasteiger partial charge in [0.15, 0.2) is 6.10 Å². The number of fused-ring (bicyclic) bond motifs is 1. The van der Waals surface area contributed by atoms with Crippen molar-refractivity contribution >= 4 is 5.91 Å². The van der Waals surface area contributed by atoms with Gasteiger partial charge in [0.05, 0.1) is 13.2 Å². The molecule has 0 saturated carbocycles. The molecule has 3 rings (SSSR count). The Balaban J connectivity index is 1.38. The lowest BCUT2D eigenvalue weighted by Gasteiger charge is -2.19. The van der Waals surface area contributed by atoms with E-state index < -0.39 is 6.10 Å². The molecule has 1 atom stereocenters. The Labute approximate surface area is 155 Å². The van der Waals surface area contributed by atoms with E-state index in [2.05, 4.69) is 17.4 Å². The van der Waals surface area contributed by atoms with E-state index in [1.54, 1.807) is 6.92 Å². The van der Waals surface area contributed by atoms with E-state index in [-0.39, 0.29) is 5.91 Å². The van der Waals surface area contributed by atoms with Crippen molar-refractivity contribution in [1.29, 1.82) is 0 Å². The second kappa shape index (κ2) is 9.39. The summed E-state index contributed by atoms with van der Waals surface area (Å²) in [6.45, 7) is 3.28. The third-order valence-corrected chi connectivity index (χ3v) is 4.66. The van der Waals surface area contributed by atoms with Crippen LogP contribution in [0.2, 0.25) is 0 Å². The van der Waals surface area contributed by atoms with Crippen LogP contribution in [0, 0.1) is 0 Å². The second-order valence-electron chi connectivity index (χ2n) is 6.73. The maximum atomic E-state index is 12.2. The fourth-order valence-corrected chi connectivity index (χ4v) is 3.20. The van der Waals surface area contributed by atoms with Crippen LogP contribution in [-0.4, -0.2) is 25.2 Å². The number of amides is 1. The molecule has 0 heterocycles. The van der Waals surface area contributed by atoms with Crippen LogP contribution >= 0.6 is 0 Å². The monoisotopic (exact) mass is 353 g/mol. The molecule has 0 saturated heterocycles. The van der Waals surface area contributed by atoms with Gasteiger partial charge < -0.3 is 14.8 Å². The zero-order valence-electron chi connectivity index (χ0n) is 15.4. The second-order valence-corrected chi connectivity index (χ2v) is 6.73. The Morgan fingerprint density at radius 2 is 1.85 bits per heavy atom. The van der Waals surface area contributed by atoms with E-state index in [4.69, 9.17) is 9.47 Å². The average Bonchev–Trinajstić information content (AvgIpc) is 2.68. The molecule has 4 nitrogen and oxygen atoms in total. The number of benzene rings is 2. The Bertz CT molecular complexity index is 715. The number of carbonyl (C=O) groups is 1. The van der Waals surface area contributed by atoms with Crippen molar-refractivity contribution < 1.29 is 14.3 Å². The van der Waals surface area contributed by atoms with Crippen LogP contribution in [0.15, 0.2) is 48.5 Å². The summed E-state index contributed by atoms with van der Waals surface area (Å²) in [6.07, 6.45) is 4.22. The summed E-state index contributed by atoms with van der Waals surface area (Å²) < 4.78 is 11.4. The van der Waals surface area contributed by atoms with Gasteiger partial charge in [-0.2, -0.15) is 0 Å². The largest absolute Gasteiger partial charge is 0.481 e. The van der Waals surface area contributed by atoms with Crippen LogP contribution in [0.3, 0.4) is 0 Å². The van der Waals surface area contributed by atoms with Crippen LogP contribution in [0.5, 0.6) is 5.75 Å². The minimum atomic E-state index is -0.522. The van der Waals surface area contributed by atoms with Crippen molar-refractivity contribution in [2.45, 2.75) is 45.3 Å². The lowest BCUT2D eigenvalue weighted by Crippen LogP contribution is -2.38. The molecule has 1 aliphatic carbocycles. The molecular formula is C22H27NO3. The van der Waals surface area contributed by atoms with Gasteiger partial charge in [0.2, 0.25) is 0 Å². The highest BCUT2D eigenvalue weighted by Gasteiger charge is 2.16. The van der Waals surface area contributed by atoms with Gasteiger partial charge in [-0.25, -0.2) is 0 Å². The molecule has 0 spiro atoms. The molecule has 2 aromatic rings. The van der Waals surface area contributed by atoms with E-state index in [1.165, 1.54) is 24.0 Å². The fourth-order valence-electron chi connectivity index (χ4n) is 3.20. The Morgan fingerprint density at radius 1 is 1.08 bits per heavy atom. The molecule has 0 aliphatic heterocycles. The summed E-state index contributed by atoms with van der Waals surface area (Å²) in [5.74, 6) is 0.652. The number of nitrogens with one attached hydrogen (secondary N) is 1. The molecule has 0 unspecified atom stereocenters. The summed E-state index contributed by atoms with van der Waals surface area (Å²) in [5, 5.41) is 2.86. The van der Waals surface area contributed by atoms with Crippen molar-refractivity contribution in [2.24, 2.45) is 0 Å². The molecule has 1 N–H and O–H groups in total. The Morgan fingerprint density at radius 3 is 2.65 bits per heavy atom. The lowest BCUT2D eigenvalue weighted by molar-refractivity contribution is -0.127. The summed E-state index contributed by atoms with van der Waals surface area (Å²) in [7, 11) is 0. The highest BCUT2D eigenvalue weighted by atomic mass is 16.5. The van der Waals surface area contributed by atoms with Gasteiger partial charge in [0, 0.05) is 6.54 Å². The number of ether oxygens (including phenoxy) is 2. The number of hydrogen-bond acceptors (Lipinski definition) is 3. The third-order valence-electron chi connectivity index (χ3n) is 4.66. The van der Waals surface area contributed by atoms with E-state index in [0.717, 1.165) is 24.2 Å². The number of rotatable bonds is 8. The van der Waals surface area contributed by atoms with Crippen molar-refractivity contribution in [3.8, 4) is 5.75 Å². The van der Waals surface area contributed by atoms with E-state index in [0.29, 0.717) is 19.8 Å². The van der Waals surface area contributed by atoms with Crippen molar-refractivity contribution in [2.75, 3.05) is 13.2 Å². The molecule has 138 valence electrons. The highest BCUT2D eigenvalue weighted by Crippen LogP contribution is 2.25. The smallest absolute Gasteiger partial charge is 0.260 e. The van der Waals surface area contributed by atoms with Gasteiger partial charge in [-0.05, 0) is 61.4 Å².